The fourth-order valence-corrected chi connectivity index (χ4v) is 1.76. The van der Waals surface area contributed by atoms with Gasteiger partial charge in [0.1, 0.15) is 12.4 Å². The third-order valence-corrected chi connectivity index (χ3v) is 2.73. The van der Waals surface area contributed by atoms with Crippen LogP contribution >= 0.6 is 12.4 Å². The SMILES string of the molecule is CCNCc1cccc(OCc2ccccc2)c1.Cl. The van der Waals surface area contributed by atoms with Crippen LogP contribution in [-0.4, -0.2) is 6.54 Å². The van der Waals surface area contributed by atoms with Gasteiger partial charge in [-0.25, -0.2) is 0 Å². The molecule has 0 aliphatic heterocycles. The Hall–Kier alpha value is -1.51. The standard InChI is InChI=1S/C16H19NO.ClH/c1-2-17-12-15-9-6-10-16(11-15)18-13-14-7-4-3-5-8-14;/h3-11,17H,2,12-13H2,1H3;1H. The average molecular weight is 278 g/mol. The van der Waals surface area contributed by atoms with Crippen LogP contribution in [0.15, 0.2) is 54.6 Å². The Morgan fingerprint density at radius 2 is 1.68 bits per heavy atom. The van der Waals surface area contributed by atoms with Gasteiger partial charge in [0.25, 0.3) is 0 Å². The highest BCUT2D eigenvalue weighted by Crippen LogP contribution is 2.15. The summed E-state index contributed by atoms with van der Waals surface area (Å²) in [6.07, 6.45) is 0. The lowest BCUT2D eigenvalue weighted by molar-refractivity contribution is 0.306. The number of halogens is 1. The zero-order chi connectivity index (χ0) is 12.6. The van der Waals surface area contributed by atoms with Crippen molar-refractivity contribution in [3.05, 3.63) is 65.7 Å². The fraction of sp³-hybridized carbons (Fsp3) is 0.250. The zero-order valence-corrected chi connectivity index (χ0v) is 12.0. The molecule has 2 aromatic rings. The van der Waals surface area contributed by atoms with E-state index in [1.54, 1.807) is 0 Å². The lowest BCUT2D eigenvalue weighted by Gasteiger charge is -2.08. The quantitative estimate of drug-likeness (QED) is 0.867. The number of benzene rings is 2. The predicted octanol–water partition coefficient (Wildman–Crippen LogP) is 3.80. The van der Waals surface area contributed by atoms with E-state index in [0.717, 1.165) is 18.8 Å². The fourth-order valence-electron chi connectivity index (χ4n) is 1.76. The highest BCUT2D eigenvalue weighted by Gasteiger charge is 1.97. The molecule has 0 fully saturated rings. The molecule has 0 aliphatic carbocycles. The summed E-state index contributed by atoms with van der Waals surface area (Å²) in [7, 11) is 0. The molecule has 2 rings (SSSR count). The van der Waals surface area contributed by atoms with Gasteiger partial charge in [-0.2, -0.15) is 0 Å². The first-order valence-corrected chi connectivity index (χ1v) is 6.35. The molecule has 0 bridgehead atoms. The number of nitrogens with one attached hydrogen (secondary N) is 1. The van der Waals surface area contributed by atoms with Crippen LogP contribution in [0.25, 0.3) is 0 Å². The van der Waals surface area contributed by atoms with Gasteiger partial charge in [0, 0.05) is 6.54 Å². The Balaban J connectivity index is 0.00000180. The van der Waals surface area contributed by atoms with E-state index < -0.39 is 0 Å². The third kappa shape index (κ3) is 5.33. The first-order valence-electron chi connectivity index (χ1n) is 6.35. The minimum Gasteiger partial charge on any atom is -0.489 e. The Bertz CT molecular complexity index is 473. The van der Waals surface area contributed by atoms with E-state index in [2.05, 4.69) is 36.5 Å². The van der Waals surface area contributed by atoms with Crippen molar-refractivity contribution < 1.29 is 4.74 Å². The molecular weight excluding hydrogens is 258 g/mol. The van der Waals surface area contributed by atoms with E-state index in [9.17, 15) is 0 Å². The molecule has 0 aromatic heterocycles. The molecule has 2 aromatic carbocycles. The van der Waals surface area contributed by atoms with Crippen molar-refractivity contribution in [1.82, 2.24) is 5.32 Å². The molecule has 0 aliphatic rings. The van der Waals surface area contributed by atoms with E-state index >= 15 is 0 Å². The molecule has 1 N–H and O–H groups in total. The highest BCUT2D eigenvalue weighted by atomic mass is 35.5. The van der Waals surface area contributed by atoms with Crippen LogP contribution < -0.4 is 10.1 Å². The van der Waals surface area contributed by atoms with Crippen LogP contribution in [0.1, 0.15) is 18.1 Å². The van der Waals surface area contributed by atoms with E-state index in [-0.39, 0.29) is 12.4 Å². The van der Waals surface area contributed by atoms with E-state index in [1.807, 2.05) is 30.3 Å². The lowest BCUT2D eigenvalue weighted by Crippen LogP contribution is -2.11. The number of hydrogen-bond acceptors (Lipinski definition) is 2. The molecule has 0 unspecified atom stereocenters. The van der Waals surface area contributed by atoms with Crippen molar-refractivity contribution in [3.8, 4) is 5.75 Å². The number of hydrogen-bond donors (Lipinski definition) is 1. The minimum absolute atomic E-state index is 0. The highest BCUT2D eigenvalue weighted by molar-refractivity contribution is 5.85. The molecule has 0 saturated heterocycles. The number of rotatable bonds is 6. The van der Waals surface area contributed by atoms with Gasteiger partial charge in [-0.1, -0.05) is 49.4 Å². The van der Waals surface area contributed by atoms with Gasteiger partial charge in [-0.3, -0.25) is 0 Å². The van der Waals surface area contributed by atoms with Gasteiger partial charge in [-0.05, 0) is 29.8 Å². The van der Waals surface area contributed by atoms with Gasteiger partial charge < -0.3 is 10.1 Å². The van der Waals surface area contributed by atoms with Crippen molar-refractivity contribution in [1.29, 1.82) is 0 Å². The smallest absolute Gasteiger partial charge is 0.120 e. The van der Waals surface area contributed by atoms with Crippen molar-refractivity contribution >= 4 is 12.4 Å². The van der Waals surface area contributed by atoms with Crippen molar-refractivity contribution in [2.75, 3.05) is 6.54 Å². The monoisotopic (exact) mass is 277 g/mol. The summed E-state index contributed by atoms with van der Waals surface area (Å²) >= 11 is 0. The maximum atomic E-state index is 5.78. The second-order valence-corrected chi connectivity index (χ2v) is 4.20. The normalized spacial score (nSPS) is 9.74. The Labute approximate surface area is 121 Å². The maximum absolute atomic E-state index is 5.78. The van der Waals surface area contributed by atoms with E-state index in [0.29, 0.717) is 6.61 Å². The molecule has 3 heteroatoms. The summed E-state index contributed by atoms with van der Waals surface area (Å²) in [5, 5.41) is 3.31. The van der Waals surface area contributed by atoms with Crippen molar-refractivity contribution in [3.63, 3.8) is 0 Å². The molecule has 0 spiro atoms. The van der Waals surface area contributed by atoms with Crippen LogP contribution in [0.4, 0.5) is 0 Å². The Kier molecular flexibility index (Phi) is 7.01. The van der Waals surface area contributed by atoms with Crippen LogP contribution in [0.3, 0.4) is 0 Å². The Morgan fingerprint density at radius 1 is 0.947 bits per heavy atom. The molecule has 2 nitrogen and oxygen atoms in total. The molecule has 0 amide bonds. The summed E-state index contributed by atoms with van der Waals surface area (Å²) in [6.45, 7) is 4.59. The summed E-state index contributed by atoms with van der Waals surface area (Å²) in [5.41, 5.74) is 2.44. The van der Waals surface area contributed by atoms with Crippen LogP contribution in [0.2, 0.25) is 0 Å². The third-order valence-electron chi connectivity index (χ3n) is 2.73. The summed E-state index contributed by atoms with van der Waals surface area (Å²) in [4.78, 5) is 0. The molecule has 0 atom stereocenters. The molecular formula is C16H20ClNO. The summed E-state index contributed by atoms with van der Waals surface area (Å²) in [5.74, 6) is 0.925. The molecule has 0 heterocycles. The zero-order valence-electron chi connectivity index (χ0n) is 11.1. The van der Waals surface area contributed by atoms with Crippen LogP contribution in [0.5, 0.6) is 5.75 Å². The van der Waals surface area contributed by atoms with Gasteiger partial charge in [0.05, 0.1) is 0 Å². The molecule has 102 valence electrons. The largest absolute Gasteiger partial charge is 0.489 e. The van der Waals surface area contributed by atoms with Crippen LogP contribution in [-0.2, 0) is 13.2 Å². The van der Waals surface area contributed by atoms with E-state index in [1.165, 1.54) is 11.1 Å². The molecule has 0 saturated carbocycles. The number of ether oxygens (including phenoxy) is 1. The maximum Gasteiger partial charge on any atom is 0.120 e. The van der Waals surface area contributed by atoms with Crippen molar-refractivity contribution in [2.45, 2.75) is 20.1 Å². The van der Waals surface area contributed by atoms with Gasteiger partial charge in [0.2, 0.25) is 0 Å². The van der Waals surface area contributed by atoms with Gasteiger partial charge >= 0.3 is 0 Å². The molecule has 19 heavy (non-hydrogen) atoms. The van der Waals surface area contributed by atoms with Crippen molar-refractivity contribution in [2.24, 2.45) is 0 Å². The minimum atomic E-state index is 0. The van der Waals surface area contributed by atoms with E-state index in [4.69, 9.17) is 4.74 Å². The van der Waals surface area contributed by atoms with Gasteiger partial charge in [-0.15, -0.1) is 12.4 Å². The topological polar surface area (TPSA) is 21.3 Å². The van der Waals surface area contributed by atoms with Crippen LogP contribution in [0, 0.1) is 0 Å². The predicted molar refractivity (Wildman–Crippen MR) is 81.8 cm³/mol. The van der Waals surface area contributed by atoms with Gasteiger partial charge in [0.15, 0.2) is 0 Å². The molecule has 0 radical (unpaired) electrons. The second-order valence-electron chi connectivity index (χ2n) is 4.20. The second kappa shape index (κ2) is 8.57. The summed E-state index contributed by atoms with van der Waals surface area (Å²) < 4.78 is 5.78. The average Bonchev–Trinajstić information content (AvgIpc) is 2.44. The first-order chi connectivity index (χ1) is 8.88. The summed E-state index contributed by atoms with van der Waals surface area (Å²) in [6, 6.07) is 18.4. The lowest BCUT2D eigenvalue weighted by atomic mass is 10.2. The Morgan fingerprint density at radius 3 is 2.42 bits per heavy atom. The first kappa shape index (κ1) is 15.5.